The smallest absolute Gasteiger partial charge is 0.126 e. The minimum atomic E-state index is 0.723. The summed E-state index contributed by atoms with van der Waals surface area (Å²) in [4.78, 5) is 0. The molecule has 1 aromatic rings. The maximum absolute atomic E-state index is 5.10. The fourth-order valence-electron chi connectivity index (χ4n) is 0.952. The SMILES string of the molecule is [CH2]c1c(OC)cc(Br)cc1OC. The second-order valence-corrected chi connectivity index (χ2v) is 3.20. The van der Waals surface area contributed by atoms with E-state index in [1.807, 2.05) is 12.1 Å². The Morgan fingerprint density at radius 1 is 1.17 bits per heavy atom. The lowest BCUT2D eigenvalue weighted by molar-refractivity contribution is 0.390. The van der Waals surface area contributed by atoms with Crippen LogP contribution in [0.4, 0.5) is 0 Å². The third-order valence-electron chi connectivity index (χ3n) is 1.57. The van der Waals surface area contributed by atoms with E-state index in [-0.39, 0.29) is 0 Å². The molecule has 0 amide bonds. The largest absolute Gasteiger partial charge is 0.496 e. The van der Waals surface area contributed by atoms with Gasteiger partial charge in [-0.2, -0.15) is 0 Å². The number of ether oxygens (including phenoxy) is 2. The molecule has 0 aliphatic heterocycles. The van der Waals surface area contributed by atoms with Crippen molar-refractivity contribution in [2.45, 2.75) is 0 Å². The van der Waals surface area contributed by atoms with Crippen LogP contribution < -0.4 is 9.47 Å². The van der Waals surface area contributed by atoms with Gasteiger partial charge in [0, 0.05) is 10.0 Å². The zero-order valence-corrected chi connectivity index (χ0v) is 8.64. The van der Waals surface area contributed by atoms with Crippen LogP contribution in [-0.2, 0) is 0 Å². The van der Waals surface area contributed by atoms with E-state index >= 15 is 0 Å². The zero-order valence-electron chi connectivity index (χ0n) is 7.06. The van der Waals surface area contributed by atoms with E-state index in [4.69, 9.17) is 9.47 Å². The van der Waals surface area contributed by atoms with E-state index in [2.05, 4.69) is 22.9 Å². The number of methoxy groups -OCH3 is 2. The van der Waals surface area contributed by atoms with Gasteiger partial charge in [0.1, 0.15) is 11.5 Å². The van der Waals surface area contributed by atoms with Crippen LogP contribution in [0.5, 0.6) is 11.5 Å². The highest BCUT2D eigenvalue weighted by atomic mass is 79.9. The van der Waals surface area contributed by atoms with E-state index in [9.17, 15) is 0 Å². The summed E-state index contributed by atoms with van der Waals surface area (Å²) in [6.07, 6.45) is 0. The lowest BCUT2D eigenvalue weighted by Gasteiger charge is -2.09. The van der Waals surface area contributed by atoms with E-state index in [0.29, 0.717) is 0 Å². The lowest BCUT2D eigenvalue weighted by atomic mass is 10.2. The Bertz CT molecular complexity index is 259. The lowest BCUT2D eigenvalue weighted by Crippen LogP contribution is -1.92. The second-order valence-electron chi connectivity index (χ2n) is 2.29. The number of hydrogen-bond acceptors (Lipinski definition) is 2. The Morgan fingerprint density at radius 2 is 1.58 bits per heavy atom. The van der Waals surface area contributed by atoms with Crippen molar-refractivity contribution < 1.29 is 9.47 Å². The fraction of sp³-hybridized carbons (Fsp3) is 0.222. The molecule has 0 aromatic heterocycles. The predicted molar refractivity (Wildman–Crippen MR) is 51.7 cm³/mol. The molecule has 0 aliphatic carbocycles. The molecule has 1 rings (SSSR count). The minimum Gasteiger partial charge on any atom is -0.496 e. The molecule has 3 heteroatoms. The summed E-state index contributed by atoms with van der Waals surface area (Å²) in [5.74, 6) is 1.45. The summed E-state index contributed by atoms with van der Waals surface area (Å²) in [5, 5.41) is 0. The highest BCUT2D eigenvalue weighted by Crippen LogP contribution is 2.31. The van der Waals surface area contributed by atoms with Gasteiger partial charge in [0.15, 0.2) is 0 Å². The highest BCUT2D eigenvalue weighted by molar-refractivity contribution is 9.10. The summed E-state index contributed by atoms with van der Waals surface area (Å²) in [6, 6.07) is 3.70. The summed E-state index contributed by atoms with van der Waals surface area (Å²) in [7, 11) is 3.21. The molecule has 0 N–H and O–H groups in total. The molecule has 0 bridgehead atoms. The van der Waals surface area contributed by atoms with E-state index < -0.39 is 0 Å². The van der Waals surface area contributed by atoms with Crippen molar-refractivity contribution in [1.82, 2.24) is 0 Å². The predicted octanol–water partition coefficient (Wildman–Crippen LogP) is 2.65. The van der Waals surface area contributed by atoms with Crippen molar-refractivity contribution >= 4 is 15.9 Å². The van der Waals surface area contributed by atoms with Crippen LogP contribution in [0.2, 0.25) is 0 Å². The van der Waals surface area contributed by atoms with Crippen LogP contribution in [0.15, 0.2) is 16.6 Å². The maximum atomic E-state index is 5.10. The molecule has 0 saturated heterocycles. The molecule has 2 nitrogen and oxygen atoms in total. The molecule has 65 valence electrons. The first-order valence-electron chi connectivity index (χ1n) is 3.42. The normalized spacial score (nSPS) is 9.67. The van der Waals surface area contributed by atoms with Crippen molar-refractivity contribution in [3.8, 4) is 11.5 Å². The minimum absolute atomic E-state index is 0.723. The molecule has 0 aliphatic rings. The van der Waals surface area contributed by atoms with E-state index in [1.165, 1.54) is 0 Å². The Labute approximate surface area is 80.6 Å². The Morgan fingerprint density at radius 3 is 1.92 bits per heavy atom. The molecule has 0 fully saturated rings. The van der Waals surface area contributed by atoms with Crippen molar-refractivity contribution in [3.05, 3.63) is 29.1 Å². The molecule has 0 spiro atoms. The first kappa shape index (κ1) is 9.39. The molecular formula is C9H10BrO2. The molecule has 1 aromatic carbocycles. The monoisotopic (exact) mass is 229 g/mol. The molecule has 0 unspecified atom stereocenters. The number of halogens is 1. The summed E-state index contributed by atoms with van der Waals surface area (Å²) >= 11 is 3.34. The van der Waals surface area contributed by atoms with Crippen molar-refractivity contribution in [1.29, 1.82) is 0 Å². The number of benzene rings is 1. The quantitative estimate of drug-likeness (QED) is 0.777. The molecule has 0 heterocycles. The van der Waals surface area contributed by atoms with Gasteiger partial charge in [-0.3, -0.25) is 0 Å². The fourth-order valence-corrected chi connectivity index (χ4v) is 1.37. The summed E-state index contributed by atoms with van der Waals surface area (Å²) in [6.45, 7) is 3.83. The summed E-state index contributed by atoms with van der Waals surface area (Å²) < 4.78 is 11.1. The molecule has 12 heavy (non-hydrogen) atoms. The van der Waals surface area contributed by atoms with Crippen molar-refractivity contribution in [2.75, 3.05) is 14.2 Å². The van der Waals surface area contributed by atoms with Crippen LogP contribution in [0.1, 0.15) is 5.56 Å². The van der Waals surface area contributed by atoms with Gasteiger partial charge in [-0.25, -0.2) is 0 Å². The topological polar surface area (TPSA) is 18.5 Å². The van der Waals surface area contributed by atoms with Gasteiger partial charge in [-0.05, 0) is 19.1 Å². The zero-order chi connectivity index (χ0) is 9.14. The Kier molecular flexibility index (Phi) is 2.98. The van der Waals surface area contributed by atoms with Gasteiger partial charge in [0.2, 0.25) is 0 Å². The van der Waals surface area contributed by atoms with Gasteiger partial charge in [0.25, 0.3) is 0 Å². The van der Waals surface area contributed by atoms with Crippen LogP contribution >= 0.6 is 15.9 Å². The molecule has 0 saturated carbocycles. The van der Waals surface area contributed by atoms with Crippen LogP contribution in [0, 0.1) is 6.92 Å². The van der Waals surface area contributed by atoms with Crippen LogP contribution in [0.3, 0.4) is 0 Å². The maximum Gasteiger partial charge on any atom is 0.126 e. The highest BCUT2D eigenvalue weighted by Gasteiger charge is 2.06. The van der Waals surface area contributed by atoms with E-state index in [0.717, 1.165) is 21.5 Å². The Hall–Kier alpha value is -0.700. The molecular weight excluding hydrogens is 220 g/mol. The third-order valence-corrected chi connectivity index (χ3v) is 2.03. The first-order chi connectivity index (χ1) is 5.69. The third kappa shape index (κ3) is 1.72. The second kappa shape index (κ2) is 3.81. The van der Waals surface area contributed by atoms with Gasteiger partial charge in [-0.15, -0.1) is 0 Å². The standard InChI is InChI=1S/C9H10BrO2/c1-6-8(11-2)4-7(10)5-9(6)12-3/h4-5H,1H2,2-3H3. The van der Waals surface area contributed by atoms with Gasteiger partial charge in [-0.1, -0.05) is 15.9 Å². The average Bonchev–Trinajstić information content (AvgIpc) is 2.08. The van der Waals surface area contributed by atoms with Crippen LogP contribution in [-0.4, -0.2) is 14.2 Å². The number of hydrogen-bond donors (Lipinski definition) is 0. The van der Waals surface area contributed by atoms with Gasteiger partial charge in [0.05, 0.1) is 14.2 Å². The van der Waals surface area contributed by atoms with Crippen molar-refractivity contribution in [2.24, 2.45) is 0 Å². The molecule has 1 radical (unpaired) electrons. The average molecular weight is 230 g/mol. The Balaban J connectivity index is 3.22. The van der Waals surface area contributed by atoms with E-state index in [1.54, 1.807) is 14.2 Å². The first-order valence-corrected chi connectivity index (χ1v) is 4.21. The number of rotatable bonds is 2. The van der Waals surface area contributed by atoms with Crippen LogP contribution in [0.25, 0.3) is 0 Å². The summed E-state index contributed by atoms with van der Waals surface area (Å²) in [5.41, 5.74) is 0.767. The van der Waals surface area contributed by atoms with Crippen molar-refractivity contribution in [3.63, 3.8) is 0 Å². The van der Waals surface area contributed by atoms with Gasteiger partial charge >= 0.3 is 0 Å². The van der Waals surface area contributed by atoms with Gasteiger partial charge < -0.3 is 9.47 Å². The molecule has 0 atom stereocenters.